The summed E-state index contributed by atoms with van der Waals surface area (Å²) in [6.07, 6.45) is 16.9. The summed E-state index contributed by atoms with van der Waals surface area (Å²) in [6, 6.07) is 30.4. The second-order valence-electron chi connectivity index (χ2n) is 16.6. The van der Waals surface area contributed by atoms with E-state index in [9.17, 15) is 0 Å². The maximum atomic E-state index is 5.90. The Hall–Kier alpha value is -5.96. The Morgan fingerprint density at radius 3 is 0.515 bits per heavy atom. The molecule has 0 atom stereocenters. The molecule has 0 unspecified atom stereocenters. The van der Waals surface area contributed by atoms with Crippen LogP contribution in [0.3, 0.4) is 0 Å². The van der Waals surface area contributed by atoms with Crippen molar-refractivity contribution in [3.05, 3.63) is 191 Å². The molecule has 0 fully saturated rings. The van der Waals surface area contributed by atoms with E-state index in [1.54, 1.807) is 24.3 Å². The zero-order chi connectivity index (χ0) is 47.0. The van der Waals surface area contributed by atoms with Crippen molar-refractivity contribution < 1.29 is 0 Å². The molecule has 4 aromatic rings. The average Bonchev–Trinajstić information content (AvgIpc) is 3.24. The number of nitrogen functional groups attached to an aromatic ring is 4. The molecule has 368 valence electrons. The third kappa shape index (κ3) is 16.1. The molecular weight excluding hydrogens is 942 g/mol. The van der Waals surface area contributed by atoms with Gasteiger partial charge in [0.2, 0.25) is 0 Å². The lowest BCUT2D eigenvalue weighted by Crippen LogP contribution is -2.54. The van der Waals surface area contributed by atoms with Crippen molar-refractivity contribution in [3.8, 4) is 0 Å². The molecule has 0 saturated heterocycles. The topological polar surface area (TPSA) is 416 Å². The lowest BCUT2D eigenvalue weighted by atomic mass is 9.89. The molecule has 4 aliphatic rings. The van der Waals surface area contributed by atoms with Gasteiger partial charge in [-0.1, -0.05) is 72.8 Å². The molecule has 0 bridgehead atoms. The van der Waals surface area contributed by atoms with E-state index in [-0.39, 0.29) is 49.6 Å². The fourth-order valence-corrected chi connectivity index (χ4v) is 6.87. The summed E-state index contributed by atoms with van der Waals surface area (Å²) in [7, 11) is 0. The molecule has 0 heterocycles. The number of benzene rings is 4. The zero-order valence-corrected chi connectivity index (χ0v) is 40.8. The van der Waals surface area contributed by atoms with Gasteiger partial charge in [-0.05, 0) is 117 Å². The molecule has 4 aliphatic carbocycles. The summed E-state index contributed by atoms with van der Waals surface area (Å²) in [5.41, 5.74) is 102. The monoisotopic (exact) mass is 1010 g/mol. The van der Waals surface area contributed by atoms with E-state index in [1.807, 2.05) is 121 Å². The van der Waals surface area contributed by atoms with Gasteiger partial charge in [0.05, 0.1) is 0 Å². The van der Waals surface area contributed by atoms with Crippen LogP contribution in [0.15, 0.2) is 168 Å². The number of rotatable bonds is 4. The van der Waals surface area contributed by atoms with Crippen molar-refractivity contribution in [1.29, 1.82) is 0 Å². The van der Waals surface area contributed by atoms with Gasteiger partial charge in [-0.3, -0.25) is 0 Å². The standard InChI is InChI=1S/4C12H16N4.4ClH/c4*13-10-4-1-8(2-5-10)9-3-6-11(14)12(15,16)7-9;;;;/h4*1-6H,7,13-16H2;4*1H. The fourth-order valence-electron chi connectivity index (χ4n) is 6.87. The number of hydrogen-bond acceptors (Lipinski definition) is 16. The summed E-state index contributed by atoms with van der Waals surface area (Å²) in [5.74, 6) is 0. The van der Waals surface area contributed by atoms with Gasteiger partial charge in [-0.2, -0.15) is 0 Å². The second-order valence-corrected chi connectivity index (χ2v) is 16.6. The minimum Gasteiger partial charge on any atom is -0.399 e. The van der Waals surface area contributed by atoms with Gasteiger partial charge < -0.3 is 91.7 Å². The molecule has 16 nitrogen and oxygen atoms in total. The maximum Gasteiger partial charge on any atom is 0.109 e. The van der Waals surface area contributed by atoms with E-state index in [0.29, 0.717) is 48.5 Å². The van der Waals surface area contributed by atoms with Crippen molar-refractivity contribution in [3.63, 3.8) is 0 Å². The first-order valence-corrected chi connectivity index (χ1v) is 20.4. The smallest absolute Gasteiger partial charge is 0.109 e. The van der Waals surface area contributed by atoms with E-state index < -0.39 is 22.7 Å². The highest BCUT2D eigenvalue weighted by atomic mass is 35.5. The zero-order valence-electron chi connectivity index (χ0n) is 37.6. The van der Waals surface area contributed by atoms with Crippen LogP contribution in [0.2, 0.25) is 0 Å². The maximum absolute atomic E-state index is 5.90. The lowest BCUT2D eigenvalue weighted by Gasteiger charge is -2.29. The molecule has 0 radical (unpaired) electrons. The van der Waals surface area contributed by atoms with Crippen LogP contribution in [-0.4, -0.2) is 22.7 Å². The predicted octanol–water partition coefficient (Wildman–Crippen LogP) is 3.74. The molecule has 0 saturated carbocycles. The van der Waals surface area contributed by atoms with Crippen LogP contribution >= 0.6 is 49.6 Å². The van der Waals surface area contributed by atoms with Crippen molar-refractivity contribution >= 4 is 94.7 Å². The largest absolute Gasteiger partial charge is 0.399 e. The first kappa shape index (κ1) is 60.1. The SMILES string of the molecule is Cl.Cl.Cl.Cl.NC1=CC=C(c2ccc(N)cc2)CC1(N)N.NC1=CC=C(c2ccc(N)cc2)CC1(N)N.NC1=CC=C(c2ccc(N)cc2)CC1(N)N.NC1=CC=C(c2ccc(N)cc2)CC1(N)N. The van der Waals surface area contributed by atoms with Crippen LogP contribution in [-0.2, 0) is 0 Å². The molecule has 20 heteroatoms. The van der Waals surface area contributed by atoms with E-state index >= 15 is 0 Å². The number of anilines is 4. The summed E-state index contributed by atoms with van der Waals surface area (Å²) >= 11 is 0. The van der Waals surface area contributed by atoms with Gasteiger partial charge in [0.1, 0.15) is 22.7 Å². The van der Waals surface area contributed by atoms with E-state index in [4.69, 9.17) is 91.7 Å². The lowest BCUT2D eigenvalue weighted by molar-refractivity contribution is 0.523. The highest BCUT2D eigenvalue weighted by Gasteiger charge is 2.30. The highest BCUT2D eigenvalue weighted by Crippen LogP contribution is 2.32. The second kappa shape index (κ2) is 24.9. The van der Waals surface area contributed by atoms with Crippen molar-refractivity contribution in [2.75, 3.05) is 22.9 Å². The number of halogens is 4. The summed E-state index contributed by atoms with van der Waals surface area (Å²) in [6.45, 7) is 0. The van der Waals surface area contributed by atoms with Crippen LogP contribution in [0.1, 0.15) is 47.9 Å². The van der Waals surface area contributed by atoms with Gasteiger partial charge in [0, 0.05) is 71.2 Å². The van der Waals surface area contributed by atoms with E-state index in [1.165, 1.54) is 0 Å². The number of hydrogen-bond donors (Lipinski definition) is 16. The predicted molar refractivity (Wildman–Crippen MR) is 296 cm³/mol. The van der Waals surface area contributed by atoms with Crippen molar-refractivity contribution in [1.82, 2.24) is 0 Å². The van der Waals surface area contributed by atoms with Crippen LogP contribution in [0.25, 0.3) is 22.3 Å². The van der Waals surface area contributed by atoms with Gasteiger partial charge in [-0.25, -0.2) is 0 Å². The summed E-state index contributed by atoms with van der Waals surface area (Å²) < 4.78 is 0. The first-order valence-electron chi connectivity index (χ1n) is 20.4. The van der Waals surface area contributed by atoms with Crippen LogP contribution < -0.4 is 91.7 Å². The molecule has 8 rings (SSSR count). The average molecular weight is 1010 g/mol. The van der Waals surface area contributed by atoms with Gasteiger partial charge in [0.15, 0.2) is 0 Å². The van der Waals surface area contributed by atoms with Crippen molar-refractivity contribution in [2.45, 2.75) is 48.3 Å². The van der Waals surface area contributed by atoms with Gasteiger partial charge in [-0.15, -0.1) is 49.6 Å². The Kier molecular flexibility index (Phi) is 22.0. The molecule has 32 N–H and O–H groups in total. The molecule has 68 heavy (non-hydrogen) atoms. The Labute approximate surface area is 423 Å². The number of allylic oxidation sites excluding steroid dienone is 8. The van der Waals surface area contributed by atoms with Crippen LogP contribution in [0.5, 0.6) is 0 Å². The van der Waals surface area contributed by atoms with Gasteiger partial charge >= 0.3 is 0 Å². The molecular formula is C48H68Cl4N16. The molecule has 0 aliphatic heterocycles. The normalized spacial score (nSPS) is 17.8. The minimum absolute atomic E-state index is 0. The van der Waals surface area contributed by atoms with Gasteiger partial charge in [0.25, 0.3) is 0 Å². The Morgan fingerprint density at radius 1 is 0.235 bits per heavy atom. The minimum atomic E-state index is -0.953. The van der Waals surface area contributed by atoms with E-state index in [2.05, 4.69) is 0 Å². The molecule has 0 spiro atoms. The Morgan fingerprint density at radius 2 is 0.382 bits per heavy atom. The van der Waals surface area contributed by atoms with Crippen molar-refractivity contribution in [2.24, 2.45) is 68.8 Å². The highest BCUT2D eigenvalue weighted by molar-refractivity contribution is 5.86. The Balaban J connectivity index is 0.000000445. The third-order valence-corrected chi connectivity index (χ3v) is 11.1. The Bertz CT molecular complexity index is 2200. The summed E-state index contributed by atoms with van der Waals surface area (Å²) in [4.78, 5) is 0. The third-order valence-electron chi connectivity index (χ3n) is 11.1. The molecule has 0 aromatic heterocycles. The molecule has 4 aromatic carbocycles. The quantitative estimate of drug-likeness (QED) is 0.102. The molecule has 0 amide bonds. The van der Waals surface area contributed by atoms with Crippen LogP contribution in [0, 0.1) is 0 Å². The van der Waals surface area contributed by atoms with E-state index in [0.717, 1.165) is 67.3 Å². The first-order chi connectivity index (χ1) is 30.0. The van der Waals surface area contributed by atoms with Crippen LogP contribution in [0.4, 0.5) is 22.7 Å². The summed E-state index contributed by atoms with van der Waals surface area (Å²) in [5, 5.41) is 0. The fraction of sp³-hybridized carbons (Fsp3) is 0.167. The number of nitrogens with two attached hydrogens (primary N) is 16.